The summed E-state index contributed by atoms with van der Waals surface area (Å²) in [5.41, 5.74) is 2.62. The quantitative estimate of drug-likeness (QED) is 0.401. The minimum absolute atomic E-state index is 0.299. The van der Waals surface area contributed by atoms with Crippen LogP contribution in [-0.2, 0) is 0 Å². The molecule has 0 heterocycles. The third-order valence-electron chi connectivity index (χ3n) is 2.39. The third kappa shape index (κ3) is 1.12. The van der Waals surface area contributed by atoms with Gasteiger partial charge in [-0.15, -0.1) is 0 Å². The summed E-state index contributed by atoms with van der Waals surface area (Å²) < 4.78 is 0. The molecule has 0 spiro atoms. The van der Waals surface area contributed by atoms with Crippen LogP contribution in [0.25, 0.3) is 0 Å². The molecule has 0 radical (unpaired) electrons. The normalized spacial score (nSPS) is 24.2. The predicted molar refractivity (Wildman–Crippen MR) is 45.8 cm³/mol. The molecule has 0 amide bonds. The van der Waals surface area contributed by atoms with Gasteiger partial charge in [0.2, 0.25) is 0 Å². The Balaban J connectivity index is 2.94. The summed E-state index contributed by atoms with van der Waals surface area (Å²) in [4.78, 5) is 0. The molecule has 1 aliphatic rings. The molecule has 0 saturated heterocycles. The number of hydrogen-bond acceptors (Lipinski definition) is 2. The summed E-state index contributed by atoms with van der Waals surface area (Å²) in [6, 6.07) is 3.84. The lowest BCUT2D eigenvalue weighted by Crippen LogP contribution is -2.17. The highest BCUT2D eigenvalue weighted by Crippen LogP contribution is 2.40. The molecule has 1 unspecified atom stereocenters. The van der Waals surface area contributed by atoms with Gasteiger partial charge in [-0.05, 0) is 18.9 Å². The lowest BCUT2D eigenvalue weighted by Gasteiger charge is -2.30. The van der Waals surface area contributed by atoms with Crippen LogP contribution in [0, 0.1) is 28.6 Å². The summed E-state index contributed by atoms with van der Waals surface area (Å²) in [6.07, 6.45) is 2.87. The molecule has 0 aromatic carbocycles. The van der Waals surface area contributed by atoms with Crippen molar-refractivity contribution < 1.29 is 0 Å². The molecule has 2 nitrogen and oxygen atoms in total. The van der Waals surface area contributed by atoms with Crippen LogP contribution in [0.2, 0.25) is 0 Å². The van der Waals surface area contributed by atoms with Crippen LogP contribution in [0.4, 0.5) is 0 Å². The second kappa shape index (κ2) is 3.24. The average Bonchev–Trinajstić information content (AvgIpc) is 2.10. The summed E-state index contributed by atoms with van der Waals surface area (Å²) >= 11 is 0. The fourth-order valence-electron chi connectivity index (χ4n) is 1.44. The van der Waals surface area contributed by atoms with Crippen LogP contribution >= 0.6 is 0 Å². The molecule has 0 N–H and O–H groups in total. The number of hydrogen-bond donors (Lipinski definition) is 0. The number of nitriles is 2. The summed E-state index contributed by atoms with van der Waals surface area (Å²) in [5.74, 6) is 0.310. The van der Waals surface area contributed by atoms with Gasteiger partial charge < -0.3 is 0 Å². The topological polar surface area (TPSA) is 47.6 Å². The largest absolute Gasteiger partial charge is 0.192 e. The minimum Gasteiger partial charge on any atom is -0.192 e. The van der Waals surface area contributed by atoms with Crippen molar-refractivity contribution in [3.8, 4) is 12.1 Å². The third-order valence-corrected chi connectivity index (χ3v) is 2.39. The monoisotopic (exact) mass is 158 g/mol. The number of rotatable bonds is 0. The van der Waals surface area contributed by atoms with Gasteiger partial charge in [-0.2, -0.15) is 10.5 Å². The first-order valence-corrected chi connectivity index (χ1v) is 3.93. The van der Waals surface area contributed by atoms with Crippen molar-refractivity contribution >= 4 is 0 Å². The van der Waals surface area contributed by atoms with E-state index in [9.17, 15) is 0 Å². The lowest BCUT2D eigenvalue weighted by molar-refractivity contribution is 0.637. The maximum Gasteiger partial charge on any atom is 0.129 e. The molecule has 1 aliphatic carbocycles. The molecule has 0 aromatic heterocycles. The molecule has 2 heteroatoms. The highest BCUT2D eigenvalue weighted by molar-refractivity contribution is 5.49. The zero-order valence-corrected chi connectivity index (χ0v) is 7.26. The summed E-state index contributed by atoms with van der Waals surface area (Å²) in [6.45, 7) is 4.02. The van der Waals surface area contributed by atoms with Crippen molar-refractivity contribution in [2.75, 3.05) is 0 Å². The zero-order chi connectivity index (χ0) is 9.14. The van der Waals surface area contributed by atoms with Crippen LogP contribution in [-0.4, -0.2) is 0 Å². The average molecular weight is 158 g/mol. The van der Waals surface area contributed by atoms with E-state index in [1.165, 1.54) is 5.57 Å². The van der Waals surface area contributed by atoms with Crippen molar-refractivity contribution in [2.45, 2.75) is 20.3 Å². The van der Waals surface area contributed by atoms with Gasteiger partial charge in [-0.1, -0.05) is 18.6 Å². The Labute approximate surface area is 72.4 Å². The fourth-order valence-corrected chi connectivity index (χ4v) is 1.44. The fraction of sp³-hybridized carbons (Fsp3) is 0.400. The van der Waals surface area contributed by atoms with Crippen LogP contribution in [0.1, 0.15) is 20.3 Å². The Morgan fingerprint density at radius 1 is 1.50 bits per heavy atom. The van der Waals surface area contributed by atoms with Crippen LogP contribution in [0.15, 0.2) is 22.8 Å². The second-order valence-electron chi connectivity index (χ2n) is 2.89. The van der Waals surface area contributed by atoms with E-state index in [1.54, 1.807) is 0 Å². The Morgan fingerprint density at radius 2 is 2.08 bits per heavy atom. The molecule has 0 aliphatic heterocycles. The van der Waals surface area contributed by atoms with Crippen molar-refractivity contribution in [2.24, 2.45) is 5.92 Å². The molecule has 0 bridgehead atoms. The molecule has 12 heavy (non-hydrogen) atoms. The van der Waals surface area contributed by atoms with Gasteiger partial charge in [-0.25, -0.2) is 0 Å². The van der Waals surface area contributed by atoms with Gasteiger partial charge in [0.1, 0.15) is 17.7 Å². The molecule has 1 rings (SSSR count). The molecule has 1 atom stereocenters. The SMILES string of the molecule is C/C=C1/CC(=C(C#N)C#N)C1C. The molecule has 60 valence electrons. The Morgan fingerprint density at radius 3 is 2.42 bits per heavy atom. The first-order chi connectivity index (χ1) is 5.74. The van der Waals surface area contributed by atoms with E-state index in [0.717, 1.165) is 12.0 Å². The van der Waals surface area contributed by atoms with E-state index in [1.807, 2.05) is 26.0 Å². The van der Waals surface area contributed by atoms with Gasteiger partial charge >= 0.3 is 0 Å². The molecular formula is C10H10N2. The maximum absolute atomic E-state index is 8.59. The highest BCUT2D eigenvalue weighted by Gasteiger charge is 2.28. The van der Waals surface area contributed by atoms with Crippen LogP contribution in [0.5, 0.6) is 0 Å². The summed E-state index contributed by atoms with van der Waals surface area (Å²) in [5, 5.41) is 17.2. The van der Waals surface area contributed by atoms with Crippen molar-refractivity contribution in [1.82, 2.24) is 0 Å². The van der Waals surface area contributed by atoms with Crippen molar-refractivity contribution in [3.05, 3.63) is 22.8 Å². The Hall–Kier alpha value is -1.54. The molecular weight excluding hydrogens is 148 g/mol. The Bertz CT molecular complexity index is 318. The van der Waals surface area contributed by atoms with Gasteiger partial charge in [0.05, 0.1) is 0 Å². The van der Waals surface area contributed by atoms with E-state index in [0.29, 0.717) is 11.5 Å². The van der Waals surface area contributed by atoms with E-state index in [4.69, 9.17) is 10.5 Å². The molecule has 0 aromatic rings. The highest BCUT2D eigenvalue weighted by atomic mass is 14.4. The van der Waals surface area contributed by atoms with E-state index in [-0.39, 0.29) is 0 Å². The first-order valence-electron chi connectivity index (χ1n) is 3.93. The van der Waals surface area contributed by atoms with Crippen molar-refractivity contribution in [3.63, 3.8) is 0 Å². The number of allylic oxidation sites excluding steroid dienone is 4. The molecule has 1 fully saturated rings. The second-order valence-corrected chi connectivity index (χ2v) is 2.89. The lowest BCUT2D eigenvalue weighted by atomic mass is 9.73. The van der Waals surface area contributed by atoms with Crippen LogP contribution < -0.4 is 0 Å². The van der Waals surface area contributed by atoms with E-state index in [2.05, 4.69) is 6.08 Å². The standard InChI is InChI=1S/C10H10N2/c1-3-8-4-10(7(8)2)9(5-11)6-12/h3,7H,4H2,1-2H3/b8-3-. The Kier molecular flexibility index (Phi) is 2.31. The van der Waals surface area contributed by atoms with Gasteiger partial charge in [0, 0.05) is 5.92 Å². The number of nitrogens with zero attached hydrogens (tertiary/aromatic N) is 2. The van der Waals surface area contributed by atoms with Crippen LogP contribution in [0.3, 0.4) is 0 Å². The summed E-state index contributed by atoms with van der Waals surface area (Å²) in [7, 11) is 0. The smallest absolute Gasteiger partial charge is 0.129 e. The first kappa shape index (κ1) is 8.56. The van der Waals surface area contributed by atoms with Gasteiger partial charge in [-0.3, -0.25) is 0 Å². The van der Waals surface area contributed by atoms with E-state index >= 15 is 0 Å². The maximum atomic E-state index is 8.59. The minimum atomic E-state index is 0.299. The van der Waals surface area contributed by atoms with Gasteiger partial charge in [0.25, 0.3) is 0 Å². The molecule has 1 saturated carbocycles. The zero-order valence-electron chi connectivity index (χ0n) is 7.26. The van der Waals surface area contributed by atoms with E-state index < -0.39 is 0 Å². The predicted octanol–water partition coefficient (Wildman–Crippen LogP) is 2.32. The van der Waals surface area contributed by atoms with Crippen molar-refractivity contribution in [1.29, 1.82) is 10.5 Å². The van der Waals surface area contributed by atoms with Gasteiger partial charge in [0.15, 0.2) is 0 Å².